The molecule has 5 rings (SSSR count). The van der Waals surface area contributed by atoms with Crippen LogP contribution in [0.1, 0.15) is 39.3 Å². The number of imide groups is 2. The van der Waals surface area contributed by atoms with Crippen molar-refractivity contribution >= 4 is 62.6 Å². The molecule has 3 aromatic rings. The molecule has 2 aliphatic rings. The van der Waals surface area contributed by atoms with Gasteiger partial charge in [-0.05, 0) is 47.1 Å². The molecule has 2 aromatic carbocycles. The number of nitrogens with zero attached hydrogens (tertiary/aromatic N) is 4. The molecule has 1 atom stereocenters. The van der Waals surface area contributed by atoms with E-state index in [4.69, 9.17) is 37.8 Å². The Morgan fingerprint density at radius 3 is 1.95 bits per heavy atom. The Morgan fingerprint density at radius 2 is 1.35 bits per heavy atom. The van der Waals surface area contributed by atoms with Crippen LogP contribution < -0.4 is 26.7 Å². The number of hydroxylamine groups is 1. The number of aliphatic imine (C=N–C) groups is 1. The summed E-state index contributed by atoms with van der Waals surface area (Å²) in [6.45, 7) is 8.16. The van der Waals surface area contributed by atoms with Crippen molar-refractivity contribution in [3.63, 3.8) is 0 Å². The molecule has 0 spiro atoms. The van der Waals surface area contributed by atoms with Crippen molar-refractivity contribution in [2.45, 2.75) is 18.9 Å². The van der Waals surface area contributed by atoms with Gasteiger partial charge in [0.05, 0.1) is 109 Å². The standard InChI is InChI=1S/C40H54BrN9O13/c41-28-3-1-4-29(27-28)45-37(47-55)35-36(49-63-48-35)44-10-9-42-11-13-56-15-17-58-19-21-60-23-25-62-26-24-61-22-20-59-18-16-57-14-12-43-31-6-2-5-30-34(31)40(54)50(39(30)53)32-7-8-33(51)46-38(32)52/h1-6,27,32,42-43,55H,7-26H2,(H,44,49)(H,45,47)(H,46,51,52). The Hall–Kier alpha value is -4.95. The SMILES string of the molecule is O=C1CCC(N2C(=O)c3cccc(NCCOCCOCCOCCOCCOCCOCCOCCNCCNc4nonc4C(=Nc4cccc(Br)c4)NO)c3C2=O)C(=O)N1. The van der Waals surface area contributed by atoms with E-state index >= 15 is 0 Å². The van der Waals surface area contributed by atoms with E-state index in [1.807, 2.05) is 17.6 Å². The van der Waals surface area contributed by atoms with Crippen LogP contribution in [0.3, 0.4) is 0 Å². The summed E-state index contributed by atoms with van der Waals surface area (Å²) in [7, 11) is 0. The maximum absolute atomic E-state index is 13.2. The van der Waals surface area contributed by atoms with E-state index in [1.165, 1.54) is 0 Å². The number of benzene rings is 2. The molecule has 0 bridgehead atoms. The summed E-state index contributed by atoms with van der Waals surface area (Å²) in [6, 6.07) is 11.1. The van der Waals surface area contributed by atoms with Crippen LogP contribution in [0.15, 0.2) is 56.6 Å². The lowest BCUT2D eigenvalue weighted by molar-refractivity contribution is -0.136. The van der Waals surface area contributed by atoms with Crippen molar-refractivity contribution in [2.75, 3.05) is 129 Å². The summed E-state index contributed by atoms with van der Waals surface area (Å²) in [6.07, 6.45) is 0.158. The van der Waals surface area contributed by atoms with Gasteiger partial charge in [0.1, 0.15) is 6.04 Å². The average molecular weight is 949 g/mol. The molecule has 0 radical (unpaired) electrons. The Balaban J connectivity index is 0.745. The number of piperidine rings is 1. The Morgan fingerprint density at radius 1 is 0.746 bits per heavy atom. The van der Waals surface area contributed by atoms with E-state index in [-0.39, 0.29) is 35.5 Å². The average Bonchev–Trinajstić information content (AvgIpc) is 3.85. The summed E-state index contributed by atoms with van der Waals surface area (Å²) in [4.78, 5) is 55.3. The molecule has 344 valence electrons. The molecule has 0 saturated carbocycles. The number of anilines is 2. The third-order valence-corrected chi connectivity index (χ3v) is 9.64. The van der Waals surface area contributed by atoms with Crippen LogP contribution in [-0.4, -0.2) is 175 Å². The van der Waals surface area contributed by atoms with Gasteiger partial charge in [0.25, 0.3) is 11.8 Å². The van der Waals surface area contributed by atoms with Crippen molar-refractivity contribution in [1.82, 2.24) is 31.3 Å². The molecule has 0 aliphatic carbocycles. The third-order valence-electron chi connectivity index (χ3n) is 9.15. The first-order chi connectivity index (χ1) is 30.9. The smallest absolute Gasteiger partial charge is 0.264 e. The number of amidine groups is 1. The van der Waals surface area contributed by atoms with Crippen LogP contribution >= 0.6 is 15.9 Å². The lowest BCUT2D eigenvalue weighted by Gasteiger charge is -2.27. The molecular weight excluding hydrogens is 894 g/mol. The normalized spacial score (nSPS) is 15.2. The molecule has 22 nitrogen and oxygen atoms in total. The maximum Gasteiger partial charge on any atom is 0.264 e. The number of aromatic nitrogens is 2. The number of hydrogen-bond acceptors (Lipinski definition) is 19. The largest absolute Gasteiger partial charge is 0.382 e. The summed E-state index contributed by atoms with van der Waals surface area (Å²) in [5.41, 5.74) is 3.78. The first-order valence-electron chi connectivity index (χ1n) is 20.5. The number of fused-ring (bicyclic) bond motifs is 1. The lowest BCUT2D eigenvalue weighted by atomic mass is 10.0. The zero-order valence-electron chi connectivity index (χ0n) is 34.8. The zero-order valence-corrected chi connectivity index (χ0v) is 36.4. The first kappa shape index (κ1) is 49.1. The zero-order chi connectivity index (χ0) is 44.5. The highest BCUT2D eigenvalue weighted by Gasteiger charge is 2.45. The summed E-state index contributed by atoms with van der Waals surface area (Å²) in [5.74, 6) is -1.76. The number of rotatable bonds is 32. The van der Waals surface area contributed by atoms with E-state index in [9.17, 15) is 24.4 Å². The van der Waals surface area contributed by atoms with Gasteiger partial charge in [0.15, 0.2) is 11.5 Å². The molecule has 23 heteroatoms. The van der Waals surface area contributed by atoms with E-state index in [0.29, 0.717) is 136 Å². The monoisotopic (exact) mass is 947 g/mol. The van der Waals surface area contributed by atoms with Crippen molar-refractivity contribution in [3.8, 4) is 0 Å². The summed E-state index contributed by atoms with van der Waals surface area (Å²) < 4.78 is 44.5. The second-order valence-corrected chi connectivity index (χ2v) is 14.5. The number of hydrogen-bond donors (Lipinski definition) is 6. The fraction of sp³-hybridized carbons (Fsp3) is 0.525. The molecule has 1 aromatic heterocycles. The van der Waals surface area contributed by atoms with Crippen LogP contribution in [-0.2, 0) is 42.7 Å². The van der Waals surface area contributed by atoms with Crippen molar-refractivity contribution in [1.29, 1.82) is 0 Å². The minimum atomic E-state index is -1.02. The van der Waals surface area contributed by atoms with Crippen LogP contribution in [0.2, 0.25) is 0 Å². The third kappa shape index (κ3) is 16.3. The van der Waals surface area contributed by atoms with Crippen molar-refractivity contribution in [3.05, 3.63) is 63.8 Å². The Bertz CT molecular complexity index is 1940. The predicted molar refractivity (Wildman–Crippen MR) is 228 cm³/mol. The summed E-state index contributed by atoms with van der Waals surface area (Å²) >= 11 is 3.39. The fourth-order valence-corrected chi connectivity index (χ4v) is 6.53. The number of nitrogens with one attached hydrogen (secondary N) is 5. The van der Waals surface area contributed by atoms with Crippen LogP contribution in [0.5, 0.6) is 0 Å². The highest BCUT2D eigenvalue weighted by atomic mass is 79.9. The molecule has 2 aliphatic heterocycles. The van der Waals surface area contributed by atoms with Gasteiger partial charge < -0.3 is 49.1 Å². The minimum Gasteiger partial charge on any atom is -0.382 e. The van der Waals surface area contributed by atoms with Crippen LogP contribution in [0.25, 0.3) is 0 Å². The van der Waals surface area contributed by atoms with Crippen LogP contribution in [0, 0.1) is 0 Å². The molecule has 4 amide bonds. The molecule has 63 heavy (non-hydrogen) atoms. The van der Waals surface area contributed by atoms with Gasteiger partial charge in [-0.1, -0.05) is 28.1 Å². The van der Waals surface area contributed by atoms with Gasteiger partial charge >= 0.3 is 0 Å². The van der Waals surface area contributed by atoms with Gasteiger partial charge in [-0.3, -0.25) is 40.1 Å². The number of halogens is 1. The number of amides is 4. The molecule has 1 fully saturated rings. The lowest BCUT2D eigenvalue weighted by Crippen LogP contribution is -2.54. The first-order valence-corrected chi connectivity index (χ1v) is 21.3. The van der Waals surface area contributed by atoms with Gasteiger partial charge in [-0.25, -0.2) is 9.62 Å². The van der Waals surface area contributed by atoms with Gasteiger partial charge in [-0.2, -0.15) is 0 Å². The van der Waals surface area contributed by atoms with Gasteiger partial charge in [-0.15, -0.1) is 0 Å². The number of carbonyl (C=O) groups is 4. The van der Waals surface area contributed by atoms with E-state index < -0.39 is 29.7 Å². The van der Waals surface area contributed by atoms with E-state index in [2.05, 4.69) is 52.5 Å². The molecule has 1 unspecified atom stereocenters. The highest BCUT2D eigenvalue weighted by Crippen LogP contribution is 2.32. The number of ether oxygens (including phenoxy) is 7. The van der Waals surface area contributed by atoms with Crippen molar-refractivity contribution < 1.29 is 62.2 Å². The molecule has 6 N–H and O–H groups in total. The van der Waals surface area contributed by atoms with Gasteiger partial charge in [0, 0.05) is 42.8 Å². The molecule has 1 saturated heterocycles. The van der Waals surface area contributed by atoms with E-state index in [0.717, 1.165) is 9.37 Å². The molecule has 3 heterocycles. The maximum atomic E-state index is 13.2. The topological polar surface area (TPSA) is 268 Å². The van der Waals surface area contributed by atoms with Crippen molar-refractivity contribution in [2.24, 2.45) is 4.99 Å². The Labute approximate surface area is 372 Å². The van der Waals surface area contributed by atoms with Crippen LogP contribution in [0.4, 0.5) is 17.2 Å². The molecular formula is C40H54BrN9O13. The Kier molecular flexibility index (Phi) is 21.8. The number of carbonyl (C=O) groups excluding carboxylic acids is 4. The highest BCUT2D eigenvalue weighted by molar-refractivity contribution is 9.10. The second kappa shape index (κ2) is 28.0. The predicted octanol–water partition coefficient (Wildman–Crippen LogP) is 1.52. The van der Waals surface area contributed by atoms with E-state index in [1.54, 1.807) is 30.3 Å². The minimum absolute atomic E-state index is 0.0600. The second-order valence-electron chi connectivity index (χ2n) is 13.6. The van der Waals surface area contributed by atoms with Gasteiger partial charge in [0.2, 0.25) is 17.6 Å². The fourth-order valence-electron chi connectivity index (χ4n) is 6.15. The quantitative estimate of drug-likeness (QED) is 0.0170. The summed E-state index contributed by atoms with van der Waals surface area (Å²) in [5, 5.41) is 29.0.